The van der Waals surface area contributed by atoms with Crippen molar-refractivity contribution in [1.29, 1.82) is 0 Å². The molecule has 4 heteroatoms. The van der Waals surface area contributed by atoms with Crippen molar-refractivity contribution in [1.82, 2.24) is 0 Å². The summed E-state index contributed by atoms with van der Waals surface area (Å²) >= 11 is 0. The molecule has 0 spiro atoms. The zero-order valence-electron chi connectivity index (χ0n) is 6.96. The highest BCUT2D eigenvalue weighted by molar-refractivity contribution is 5.65. The fraction of sp³-hybridized carbons (Fsp3) is 0.857. The Morgan fingerprint density at radius 3 is 2.64 bits per heavy atom. The Labute approximate surface area is 66.4 Å². The van der Waals surface area contributed by atoms with E-state index in [2.05, 4.69) is 9.47 Å². The molecule has 0 fully saturated rings. The van der Waals surface area contributed by atoms with E-state index < -0.39 is 0 Å². The molecule has 0 aromatic carbocycles. The van der Waals surface area contributed by atoms with Crippen LogP contribution in [0.5, 0.6) is 0 Å². The van der Waals surface area contributed by atoms with Crippen LogP contribution in [0, 0.1) is 0 Å². The molecule has 0 radical (unpaired) electrons. The molecule has 0 heterocycles. The molecule has 0 aromatic rings. The van der Waals surface area contributed by atoms with Gasteiger partial charge in [-0.2, -0.15) is 0 Å². The van der Waals surface area contributed by atoms with Crippen molar-refractivity contribution in [2.75, 3.05) is 27.1 Å². The number of rotatable bonds is 6. The third kappa shape index (κ3) is 9.39. The Balaban J connectivity index is 2.85. The van der Waals surface area contributed by atoms with Crippen LogP contribution in [0.25, 0.3) is 0 Å². The molecule has 0 saturated heterocycles. The van der Waals surface area contributed by atoms with Crippen molar-refractivity contribution in [3.8, 4) is 0 Å². The monoisotopic (exact) mass is 162 g/mol. The summed E-state index contributed by atoms with van der Waals surface area (Å²) in [5, 5.41) is 0. The maximum atomic E-state index is 10.2. The molecule has 0 N–H and O–H groups in total. The lowest BCUT2D eigenvalue weighted by Gasteiger charge is -2.02. The molecule has 0 amide bonds. The van der Waals surface area contributed by atoms with E-state index in [9.17, 15) is 4.79 Å². The van der Waals surface area contributed by atoms with Gasteiger partial charge in [0.1, 0.15) is 6.79 Å². The highest BCUT2D eigenvalue weighted by atomic mass is 16.7. The van der Waals surface area contributed by atoms with E-state index in [4.69, 9.17) is 4.74 Å². The molecule has 4 nitrogen and oxygen atoms in total. The molecule has 0 saturated carbocycles. The van der Waals surface area contributed by atoms with Gasteiger partial charge >= 0.3 is 5.97 Å². The Morgan fingerprint density at radius 2 is 2.09 bits per heavy atom. The number of methoxy groups -OCH3 is 1. The van der Waals surface area contributed by atoms with E-state index in [1.54, 1.807) is 7.11 Å². The topological polar surface area (TPSA) is 44.8 Å². The molecule has 11 heavy (non-hydrogen) atoms. The van der Waals surface area contributed by atoms with Crippen molar-refractivity contribution in [3.05, 3.63) is 0 Å². The van der Waals surface area contributed by atoms with Crippen LogP contribution in [0.3, 0.4) is 0 Å². The van der Waals surface area contributed by atoms with Gasteiger partial charge < -0.3 is 14.2 Å². The summed E-state index contributed by atoms with van der Waals surface area (Å²) in [5.41, 5.74) is 0. The number of esters is 1. The van der Waals surface area contributed by atoms with Crippen molar-refractivity contribution in [2.24, 2.45) is 0 Å². The molecule has 66 valence electrons. The van der Waals surface area contributed by atoms with Crippen LogP contribution in [0.15, 0.2) is 0 Å². The standard InChI is InChI=1S/C7H14O4/c1-7(8)11-5-3-4-10-6-9-2/h3-6H2,1-2H3. The third-order valence-corrected chi connectivity index (χ3v) is 0.940. The fourth-order valence-corrected chi connectivity index (χ4v) is 0.519. The summed E-state index contributed by atoms with van der Waals surface area (Å²) in [5.74, 6) is -0.253. The van der Waals surface area contributed by atoms with E-state index in [0.29, 0.717) is 26.4 Å². The van der Waals surface area contributed by atoms with Gasteiger partial charge in [0.25, 0.3) is 0 Å². The minimum absolute atomic E-state index is 0.253. The zero-order valence-corrected chi connectivity index (χ0v) is 6.96. The van der Waals surface area contributed by atoms with Crippen LogP contribution >= 0.6 is 0 Å². The minimum Gasteiger partial charge on any atom is -0.466 e. The average Bonchev–Trinajstić information content (AvgIpc) is 1.96. The van der Waals surface area contributed by atoms with E-state index in [0.717, 1.165) is 0 Å². The quantitative estimate of drug-likeness (QED) is 0.325. The molecule has 0 rings (SSSR count). The lowest BCUT2D eigenvalue weighted by molar-refractivity contribution is -0.141. The molecular formula is C7H14O4. The van der Waals surface area contributed by atoms with Gasteiger partial charge in [-0.1, -0.05) is 0 Å². The minimum atomic E-state index is -0.253. The second-order valence-electron chi connectivity index (χ2n) is 2.01. The normalized spacial score (nSPS) is 9.64. The fourth-order valence-electron chi connectivity index (χ4n) is 0.519. The van der Waals surface area contributed by atoms with Gasteiger partial charge in [0.2, 0.25) is 0 Å². The van der Waals surface area contributed by atoms with Crippen LogP contribution < -0.4 is 0 Å². The first-order valence-corrected chi connectivity index (χ1v) is 3.47. The van der Waals surface area contributed by atoms with Crippen LogP contribution in [0.1, 0.15) is 13.3 Å². The zero-order chi connectivity index (χ0) is 8.53. The van der Waals surface area contributed by atoms with E-state index in [-0.39, 0.29) is 5.97 Å². The molecule has 0 atom stereocenters. The van der Waals surface area contributed by atoms with Crippen LogP contribution in [-0.4, -0.2) is 33.1 Å². The molecule has 0 aliphatic rings. The van der Waals surface area contributed by atoms with Crippen LogP contribution in [0.4, 0.5) is 0 Å². The van der Waals surface area contributed by atoms with Gasteiger partial charge in [0, 0.05) is 20.5 Å². The lowest BCUT2D eigenvalue weighted by atomic mass is 10.5. The number of carbonyl (C=O) groups excluding carboxylic acids is 1. The highest BCUT2D eigenvalue weighted by Gasteiger charge is 1.91. The molecule has 0 aliphatic carbocycles. The lowest BCUT2D eigenvalue weighted by Crippen LogP contribution is -2.05. The maximum Gasteiger partial charge on any atom is 0.302 e. The van der Waals surface area contributed by atoms with Gasteiger partial charge in [-0.25, -0.2) is 0 Å². The molecule has 0 unspecified atom stereocenters. The van der Waals surface area contributed by atoms with Gasteiger partial charge in [0.05, 0.1) is 13.2 Å². The first-order valence-electron chi connectivity index (χ1n) is 3.47. The van der Waals surface area contributed by atoms with E-state index in [1.165, 1.54) is 6.92 Å². The smallest absolute Gasteiger partial charge is 0.302 e. The largest absolute Gasteiger partial charge is 0.466 e. The van der Waals surface area contributed by atoms with Gasteiger partial charge in [0.15, 0.2) is 0 Å². The summed E-state index contributed by atoms with van der Waals surface area (Å²) in [6.45, 7) is 2.65. The van der Waals surface area contributed by atoms with Crippen molar-refractivity contribution in [3.63, 3.8) is 0 Å². The summed E-state index contributed by atoms with van der Waals surface area (Å²) in [6.07, 6.45) is 0.711. The summed E-state index contributed by atoms with van der Waals surface area (Å²) in [6, 6.07) is 0. The second-order valence-corrected chi connectivity index (χ2v) is 2.01. The van der Waals surface area contributed by atoms with Crippen molar-refractivity contribution >= 4 is 5.97 Å². The third-order valence-electron chi connectivity index (χ3n) is 0.940. The highest BCUT2D eigenvalue weighted by Crippen LogP contribution is 1.85. The maximum absolute atomic E-state index is 10.2. The van der Waals surface area contributed by atoms with E-state index in [1.807, 2.05) is 0 Å². The van der Waals surface area contributed by atoms with Crippen LogP contribution in [-0.2, 0) is 19.0 Å². The predicted octanol–water partition coefficient (Wildman–Crippen LogP) is 0.560. The number of ether oxygens (including phenoxy) is 3. The number of carbonyl (C=O) groups is 1. The first kappa shape index (κ1) is 10.4. The molecule has 0 aliphatic heterocycles. The van der Waals surface area contributed by atoms with Crippen molar-refractivity contribution in [2.45, 2.75) is 13.3 Å². The van der Waals surface area contributed by atoms with Gasteiger partial charge in [-0.15, -0.1) is 0 Å². The molecule has 0 bridgehead atoms. The Morgan fingerprint density at radius 1 is 1.36 bits per heavy atom. The van der Waals surface area contributed by atoms with Crippen molar-refractivity contribution < 1.29 is 19.0 Å². The summed E-state index contributed by atoms with van der Waals surface area (Å²) < 4.78 is 14.3. The predicted molar refractivity (Wildman–Crippen MR) is 39.1 cm³/mol. The Bertz CT molecular complexity index is 103. The number of hydrogen-bond donors (Lipinski definition) is 0. The van der Waals surface area contributed by atoms with E-state index >= 15 is 0 Å². The Hall–Kier alpha value is -0.610. The summed E-state index contributed by atoms with van der Waals surface area (Å²) in [4.78, 5) is 10.2. The van der Waals surface area contributed by atoms with Gasteiger partial charge in [-0.3, -0.25) is 4.79 Å². The number of hydrogen-bond acceptors (Lipinski definition) is 4. The SMILES string of the molecule is COCOCCCOC(C)=O. The average molecular weight is 162 g/mol. The van der Waals surface area contributed by atoms with Crippen LogP contribution in [0.2, 0.25) is 0 Å². The Kier molecular flexibility index (Phi) is 7.08. The molecular weight excluding hydrogens is 148 g/mol. The second kappa shape index (κ2) is 7.50. The first-order chi connectivity index (χ1) is 5.27. The summed E-state index contributed by atoms with van der Waals surface area (Å²) in [7, 11) is 1.56. The van der Waals surface area contributed by atoms with Gasteiger partial charge in [-0.05, 0) is 0 Å². The molecule has 0 aromatic heterocycles.